The van der Waals surface area contributed by atoms with Crippen LogP contribution in [0.2, 0.25) is 0 Å². The van der Waals surface area contributed by atoms with Crippen LogP contribution in [-0.2, 0) is 17.4 Å². The monoisotopic (exact) mass is 338 g/mol. The fourth-order valence-corrected chi connectivity index (χ4v) is 2.99. The first-order valence-electron chi connectivity index (χ1n) is 8.59. The van der Waals surface area contributed by atoms with E-state index < -0.39 is 11.2 Å². The molecule has 0 spiro atoms. The fourth-order valence-electron chi connectivity index (χ4n) is 2.99. The first kappa shape index (κ1) is 18.7. The maximum Gasteiger partial charge on any atom is 0.407 e. The highest BCUT2D eigenvalue weighted by atomic mass is 16.6. The van der Waals surface area contributed by atoms with Crippen LogP contribution in [0, 0.1) is 0 Å². The molecule has 7 nitrogen and oxygen atoms in total. The Morgan fingerprint density at radius 2 is 2.08 bits per heavy atom. The zero-order chi connectivity index (χ0) is 17.8. The number of carbonyl (C=O) groups is 1. The van der Waals surface area contributed by atoms with Crippen molar-refractivity contribution in [3.8, 4) is 0 Å². The van der Waals surface area contributed by atoms with Crippen LogP contribution in [0.1, 0.15) is 45.9 Å². The van der Waals surface area contributed by atoms with Gasteiger partial charge in [-0.05, 0) is 46.6 Å². The molecule has 0 bridgehead atoms. The molecule has 0 aromatic carbocycles. The Hall–Kier alpha value is -1.60. The molecule has 24 heavy (non-hydrogen) atoms. The Morgan fingerprint density at radius 3 is 2.62 bits per heavy atom. The van der Waals surface area contributed by atoms with Crippen LogP contribution in [0.15, 0.2) is 12.4 Å². The lowest BCUT2D eigenvalue weighted by atomic mass is 9.90. The van der Waals surface area contributed by atoms with Gasteiger partial charge in [-0.25, -0.2) is 9.78 Å². The molecule has 0 saturated carbocycles. The van der Waals surface area contributed by atoms with Crippen LogP contribution in [0.4, 0.5) is 4.79 Å². The van der Waals surface area contributed by atoms with Crippen molar-refractivity contribution in [2.45, 2.75) is 51.2 Å². The predicted octanol–water partition coefficient (Wildman–Crippen LogP) is 1.62. The molecule has 1 aliphatic heterocycles. The molecule has 0 radical (unpaired) electrons. The van der Waals surface area contributed by atoms with Crippen molar-refractivity contribution in [3.63, 3.8) is 0 Å². The van der Waals surface area contributed by atoms with E-state index in [1.807, 2.05) is 38.6 Å². The van der Waals surface area contributed by atoms with Crippen molar-refractivity contribution >= 4 is 6.09 Å². The summed E-state index contributed by atoms with van der Waals surface area (Å²) in [5, 5.41) is 13.6. The summed E-state index contributed by atoms with van der Waals surface area (Å²) in [5.74, 6) is 0.744. The number of rotatable bonds is 5. The molecule has 2 rings (SSSR count). The first-order valence-corrected chi connectivity index (χ1v) is 8.59. The maximum atomic E-state index is 11.6. The van der Waals surface area contributed by atoms with Gasteiger partial charge in [-0.3, -0.25) is 0 Å². The molecule has 2 heterocycles. The SMILES string of the molecule is Cn1ccnc1C1(O)CCN(CCCNC(=O)OC(C)(C)C)CC1. The smallest absolute Gasteiger partial charge is 0.407 e. The highest BCUT2D eigenvalue weighted by Gasteiger charge is 2.36. The van der Waals surface area contributed by atoms with E-state index in [4.69, 9.17) is 4.74 Å². The summed E-state index contributed by atoms with van der Waals surface area (Å²) in [5.41, 5.74) is -1.30. The van der Waals surface area contributed by atoms with Crippen molar-refractivity contribution < 1.29 is 14.6 Å². The third-order valence-electron chi connectivity index (χ3n) is 4.24. The standard InChI is InChI=1S/C17H30N4O3/c1-16(2,3)24-15(22)19-8-5-10-21-11-6-17(23,7-12-21)14-18-9-13-20(14)4/h9,13,23H,5-8,10-12H2,1-4H3,(H,19,22). The Bertz CT molecular complexity index is 542. The summed E-state index contributed by atoms with van der Waals surface area (Å²) >= 11 is 0. The van der Waals surface area contributed by atoms with Crippen LogP contribution >= 0.6 is 0 Å². The molecule has 1 aromatic rings. The van der Waals surface area contributed by atoms with Gasteiger partial charge in [0, 0.05) is 39.1 Å². The number of hydrogen-bond donors (Lipinski definition) is 2. The average molecular weight is 338 g/mol. The van der Waals surface area contributed by atoms with Crippen LogP contribution in [0.5, 0.6) is 0 Å². The number of imidazole rings is 1. The van der Waals surface area contributed by atoms with Crippen LogP contribution in [-0.4, -0.2) is 57.4 Å². The van der Waals surface area contributed by atoms with E-state index in [2.05, 4.69) is 15.2 Å². The summed E-state index contributed by atoms with van der Waals surface area (Å²) in [4.78, 5) is 18.2. The van der Waals surface area contributed by atoms with E-state index >= 15 is 0 Å². The van der Waals surface area contributed by atoms with Crippen LogP contribution in [0.3, 0.4) is 0 Å². The van der Waals surface area contributed by atoms with Crippen molar-refractivity contribution in [1.82, 2.24) is 19.8 Å². The number of aromatic nitrogens is 2. The predicted molar refractivity (Wildman–Crippen MR) is 91.6 cm³/mol. The van der Waals surface area contributed by atoms with Gasteiger partial charge in [0.25, 0.3) is 0 Å². The van der Waals surface area contributed by atoms with Gasteiger partial charge in [-0.2, -0.15) is 0 Å². The van der Waals surface area contributed by atoms with E-state index in [9.17, 15) is 9.90 Å². The lowest BCUT2D eigenvalue weighted by Gasteiger charge is -2.37. The minimum absolute atomic E-state index is 0.370. The number of alkyl carbamates (subject to hydrolysis) is 1. The minimum atomic E-state index is -0.830. The normalized spacial score (nSPS) is 18.4. The Labute approximate surface area is 144 Å². The molecule has 0 unspecified atom stereocenters. The van der Waals surface area contributed by atoms with Crippen molar-refractivity contribution in [2.24, 2.45) is 7.05 Å². The zero-order valence-electron chi connectivity index (χ0n) is 15.2. The van der Waals surface area contributed by atoms with Gasteiger partial charge in [-0.1, -0.05) is 0 Å². The second-order valence-corrected chi connectivity index (χ2v) is 7.52. The Morgan fingerprint density at radius 1 is 1.42 bits per heavy atom. The largest absolute Gasteiger partial charge is 0.444 e. The van der Waals surface area contributed by atoms with Crippen molar-refractivity contribution in [2.75, 3.05) is 26.2 Å². The number of amides is 1. The van der Waals surface area contributed by atoms with Gasteiger partial charge in [0.05, 0.1) is 0 Å². The molecular weight excluding hydrogens is 308 g/mol. The second kappa shape index (κ2) is 7.53. The number of piperidine rings is 1. The summed E-state index contributed by atoms with van der Waals surface area (Å²) in [7, 11) is 1.91. The van der Waals surface area contributed by atoms with E-state index in [1.54, 1.807) is 6.20 Å². The second-order valence-electron chi connectivity index (χ2n) is 7.52. The third-order valence-corrected chi connectivity index (χ3v) is 4.24. The van der Waals surface area contributed by atoms with E-state index in [1.165, 1.54) is 0 Å². The van der Waals surface area contributed by atoms with Gasteiger partial charge < -0.3 is 24.6 Å². The molecule has 1 fully saturated rings. The van der Waals surface area contributed by atoms with Gasteiger partial charge in [-0.15, -0.1) is 0 Å². The van der Waals surface area contributed by atoms with Crippen LogP contribution in [0.25, 0.3) is 0 Å². The average Bonchev–Trinajstić information content (AvgIpc) is 2.91. The Kier molecular flexibility index (Phi) is 5.87. The van der Waals surface area contributed by atoms with Gasteiger partial charge in [0.15, 0.2) is 0 Å². The van der Waals surface area contributed by atoms with Gasteiger partial charge in [0.1, 0.15) is 17.0 Å². The molecule has 1 aliphatic rings. The summed E-state index contributed by atoms with van der Waals surface area (Å²) in [6.07, 6.45) is 5.43. The topological polar surface area (TPSA) is 79.6 Å². The highest BCUT2D eigenvalue weighted by molar-refractivity contribution is 5.67. The number of carbonyl (C=O) groups excluding carboxylic acids is 1. The number of aryl methyl sites for hydroxylation is 1. The molecule has 7 heteroatoms. The van der Waals surface area contributed by atoms with Crippen molar-refractivity contribution in [1.29, 1.82) is 0 Å². The molecule has 0 atom stereocenters. The highest BCUT2D eigenvalue weighted by Crippen LogP contribution is 2.31. The number of ether oxygens (including phenoxy) is 1. The summed E-state index contributed by atoms with van der Waals surface area (Å²) < 4.78 is 7.09. The lowest BCUT2D eigenvalue weighted by molar-refractivity contribution is -0.0349. The molecule has 136 valence electrons. The number of aliphatic hydroxyl groups is 1. The lowest BCUT2D eigenvalue weighted by Crippen LogP contribution is -2.44. The number of nitrogens with one attached hydrogen (secondary N) is 1. The minimum Gasteiger partial charge on any atom is -0.444 e. The van der Waals surface area contributed by atoms with E-state index in [0.717, 1.165) is 31.9 Å². The van der Waals surface area contributed by atoms with Crippen molar-refractivity contribution in [3.05, 3.63) is 18.2 Å². The zero-order valence-corrected chi connectivity index (χ0v) is 15.2. The molecule has 1 amide bonds. The third kappa shape index (κ3) is 5.21. The Balaban J connectivity index is 1.67. The van der Waals surface area contributed by atoms with Crippen LogP contribution < -0.4 is 5.32 Å². The molecule has 2 N–H and O–H groups in total. The molecular formula is C17H30N4O3. The molecule has 0 aliphatic carbocycles. The molecule has 1 aromatic heterocycles. The fraction of sp³-hybridized carbons (Fsp3) is 0.765. The maximum absolute atomic E-state index is 11.6. The number of hydrogen-bond acceptors (Lipinski definition) is 5. The molecule has 1 saturated heterocycles. The number of nitrogens with zero attached hydrogens (tertiary/aromatic N) is 3. The summed E-state index contributed by atoms with van der Waals surface area (Å²) in [6.45, 7) is 8.70. The van der Waals surface area contributed by atoms with Gasteiger partial charge in [0.2, 0.25) is 0 Å². The summed E-state index contributed by atoms with van der Waals surface area (Å²) in [6, 6.07) is 0. The number of likely N-dealkylation sites (tertiary alicyclic amines) is 1. The first-order chi connectivity index (χ1) is 11.2. The quantitative estimate of drug-likeness (QED) is 0.798. The van der Waals surface area contributed by atoms with Gasteiger partial charge >= 0.3 is 6.09 Å². The van der Waals surface area contributed by atoms with E-state index in [-0.39, 0.29) is 6.09 Å². The van der Waals surface area contributed by atoms with E-state index in [0.29, 0.717) is 19.4 Å².